The van der Waals surface area contributed by atoms with E-state index in [1.807, 2.05) is 18.2 Å². The highest BCUT2D eigenvalue weighted by Gasteiger charge is 2.43. The standard InChI is InChI=1S/C12H18N2O/c1-15-11-7-12(8-11,9-13)14-10-5-3-2-4-6-10/h2-6,11,14H,7-9,13H2,1H3. The molecule has 82 valence electrons. The second-order valence-electron chi connectivity index (χ2n) is 4.24. The van der Waals surface area contributed by atoms with Crippen molar-refractivity contribution in [2.45, 2.75) is 24.5 Å². The van der Waals surface area contributed by atoms with Crippen LogP contribution in [0.2, 0.25) is 0 Å². The Labute approximate surface area is 90.6 Å². The summed E-state index contributed by atoms with van der Waals surface area (Å²) in [7, 11) is 1.76. The molecule has 0 heterocycles. The van der Waals surface area contributed by atoms with Gasteiger partial charge in [-0.1, -0.05) is 18.2 Å². The number of methoxy groups -OCH3 is 1. The van der Waals surface area contributed by atoms with Gasteiger partial charge < -0.3 is 15.8 Å². The molecular formula is C12H18N2O. The number of anilines is 1. The van der Waals surface area contributed by atoms with Crippen molar-refractivity contribution in [2.24, 2.45) is 5.73 Å². The van der Waals surface area contributed by atoms with Crippen LogP contribution in [0.15, 0.2) is 30.3 Å². The predicted octanol–water partition coefficient (Wildman–Crippen LogP) is 1.60. The molecule has 0 aliphatic heterocycles. The maximum Gasteiger partial charge on any atom is 0.0616 e. The highest BCUT2D eigenvalue weighted by molar-refractivity contribution is 5.46. The van der Waals surface area contributed by atoms with Crippen molar-refractivity contribution in [3.63, 3.8) is 0 Å². The van der Waals surface area contributed by atoms with Gasteiger partial charge in [0.2, 0.25) is 0 Å². The van der Waals surface area contributed by atoms with Crippen LogP contribution in [0.25, 0.3) is 0 Å². The lowest BCUT2D eigenvalue weighted by atomic mass is 9.74. The smallest absolute Gasteiger partial charge is 0.0616 e. The maximum absolute atomic E-state index is 5.82. The summed E-state index contributed by atoms with van der Waals surface area (Å²) in [5.74, 6) is 0. The number of benzene rings is 1. The van der Waals surface area contributed by atoms with Crippen LogP contribution in [0.4, 0.5) is 5.69 Å². The molecule has 1 aromatic rings. The Hall–Kier alpha value is -1.06. The first-order valence-corrected chi connectivity index (χ1v) is 5.34. The van der Waals surface area contributed by atoms with Crippen LogP contribution >= 0.6 is 0 Å². The molecule has 3 heteroatoms. The third-order valence-electron chi connectivity index (χ3n) is 3.14. The van der Waals surface area contributed by atoms with Gasteiger partial charge >= 0.3 is 0 Å². The summed E-state index contributed by atoms with van der Waals surface area (Å²) >= 11 is 0. The lowest BCUT2D eigenvalue weighted by Crippen LogP contribution is -2.58. The van der Waals surface area contributed by atoms with Crippen LogP contribution < -0.4 is 11.1 Å². The molecular weight excluding hydrogens is 188 g/mol. The first-order chi connectivity index (χ1) is 7.28. The minimum atomic E-state index is 0.0437. The third kappa shape index (κ3) is 2.13. The second kappa shape index (κ2) is 4.21. The number of hydrogen-bond donors (Lipinski definition) is 2. The molecule has 0 bridgehead atoms. The molecule has 3 N–H and O–H groups in total. The summed E-state index contributed by atoms with van der Waals surface area (Å²) < 4.78 is 5.29. The predicted molar refractivity (Wildman–Crippen MR) is 61.9 cm³/mol. The van der Waals surface area contributed by atoms with Crippen molar-refractivity contribution >= 4 is 5.69 Å². The van der Waals surface area contributed by atoms with Crippen molar-refractivity contribution in [2.75, 3.05) is 19.0 Å². The number of para-hydroxylation sites is 1. The lowest BCUT2D eigenvalue weighted by Gasteiger charge is -2.47. The monoisotopic (exact) mass is 206 g/mol. The van der Waals surface area contributed by atoms with Crippen LogP contribution in [-0.2, 0) is 4.74 Å². The van der Waals surface area contributed by atoms with Gasteiger partial charge in [0.25, 0.3) is 0 Å². The molecule has 1 aliphatic carbocycles. The van der Waals surface area contributed by atoms with Crippen molar-refractivity contribution < 1.29 is 4.74 Å². The van der Waals surface area contributed by atoms with Crippen LogP contribution in [0.3, 0.4) is 0 Å². The molecule has 0 radical (unpaired) electrons. The fourth-order valence-electron chi connectivity index (χ4n) is 2.13. The van der Waals surface area contributed by atoms with Crippen LogP contribution in [0.5, 0.6) is 0 Å². The van der Waals surface area contributed by atoms with Crippen LogP contribution in [0.1, 0.15) is 12.8 Å². The normalized spacial score (nSPS) is 29.6. The summed E-state index contributed by atoms with van der Waals surface area (Å²) in [5.41, 5.74) is 7.00. The average molecular weight is 206 g/mol. The number of hydrogen-bond acceptors (Lipinski definition) is 3. The Balaban J connectivity index is 1.99. The molecule has 0 amide bonds. The molecule has 0 aromatic heterocycles. The summed E-state index contributed by atoms with van der Waals surface area (Å²) in [5, 5.41) is 3.50. The van der Waals surface area contributed by atoms with Crippen LogP contribution in [0, 0.1) is 0 Å². The van der Waals surface area contributed by atoms with Gasteiger partial charge in [0.05, 0.1) is 11.6 Å². The molecule has 0 unspecified atom stereocenters. The van der Waals surface area contributed by atoms with Gasteiger partial charge in [-0.3, -0.25) is 0 Å². The van der Waals surface area contributed by atoms with Gasteiger partial charge in [0, 0.05) is 19.3 Å². The SMILES string of the molecule is COC1CC(CN)(Nc2ccccc2)C1. The molecule has 1 saturated carbocycles. The zero-order valence-corrected chi connectivity index (χ0v) is 9.07. The number of rotatable bonds is 4. The number of nitrogens with two attached hydrogens (primary N) is 1. The van der Waals surface area contributed by atoms with Gasteiger partial charge in [-0.15, -0.1) is 0 Å². The van der Waals surface area contributed by atoms with Gasteiger partial charge in [-0.05, 0) is 25.0 Å². The van der Waals surface area contributed by atoms with Gasteiger partial charge in [0.1, 0.15) is 0 Å². The Morgan fingerprint density at radius 3 is 2.60 bits per heavy atom. The molecule has 0 saturated heterocycles. The lowest BCUT2D eigenvalue weighted by molar-refractivity contribution is -0.00244. The van der Waals surface area contributed by atoms with E-state index in [-0.39, 0.29) is 5.54 Å². The van der Waals surface area contributed by atoms with Crippen LogP contribution in [-0.4, -0.2) is 25.3 Å². The first kappa shape index (κ1) is 10.5. The molecule has 0 atom stereocenters. The quantitative estimate of drug-likeness (QED) is 0.786. The molecule has 2 rings (SSSR count). The number of ether oxygens (including phenoxy) is 1. The molecule has 0 spiro atoms. The fourth-order valence-corrected chi connectivity index (χ4v) is 2.13. The molecule has 1 aromatic carbocycles. The third-order valence-corrected chi connectivity index (χ3v) is 3.14. The summed E-state index contributed by atoms with van der Waals surface area (Å²) in [6, 6.07) is 10.2. The molecule has 1 fully saturated rings. The van der Waals surface area contributed by atoms with E-state index >= 15 is 0 Å². The largest absolute Gasteiger partial charge is 0.381 e. The average Bonchev–Trinajstić information content (AvgIpc) is 2.24. The van der Waals surface area contributed by atoms with E-state index in [2.05, 4.69) is 17.4 Å². The minimum Gasteiger partial charge on any atom is -0.381 e. The zero-order chi connectivity index (χ0) is 10.7. The Morgan fingerprint density at radius 1 is 1.40 bits per heavy atom. The van der Waals surface area contributed by atoms with E-state index < -0.39 is 0 Å². The maximum atomic E-state index is 5.82. The van der Waals surface area contributed by atoms with Crippen molar-refractivity contribution in [3.05, 3.63) is 30.3 Å². The van der Waals surface area contributed by atoms with Gasteiger partial charge in [0.15, 0.2) is 0 Å². The zero-order valence-electron chi connectivity index (χ0n) is 9.07. The number of nitrogens with one attached hydrogen (secondary N) is 1. The van der Waals surface area contributed by atoms with E-state index in [9.17, 15) is 0 Å². The summed E-state index contributed by atoms with van der Waals surface area (Å²) in [6.07, 6.45) is 2.36. The van der Waals surface area contributed by atoms with Gasteiger partial charge in [-0.25, -0.2) is 0 Å². The van der Waals surface area contributed by atoms with Crippen molar-refractivity contribution in [3.8, 4) is 0 Å². The van der Waals surface area contributed by atoms with E-state index in [0.717, 1.165) is 18.5 Å². The Kier molecular flexibility index (Phi) is 2.93. The topological polar surface area (TPSA) is 47.3 Å². The van der Waals surface area contributed by atoms with E-state index in [4.69, 9.17) is 10.5 Å². The minimum absolute atomic E-state index is 0.0437. The fraction of sp³-hybridized carbons (Fsp3) is 0.500. The summed E-state index contributed by atoms with van der Waals surface area (Å²) in [4.78, 5) is 0. The molecule has 1 aliphatic rings. The van der Waals surface area contributed by atoms with Crippen molar-refractivity contribution in [1.29, 1.82) is 0 Å². The van der Waals surface area contributed by atoms with E-state index in [1.54, 1.807) is 7.11 Å². The molecule has 3 nitrogen and oxygen atoms in total. The summed E-state index contributed by atoms with van der Waals surface area (Å²) in [6.45, 7) is 0.655. The molecule has 15 heavy (non-hydrogen) atoms. The van der Waals surface area contributed by atoms with E-state index in [0.29, 0.717) is 12.6 Å². The Morgan fingerprint density at radius 2 is 2.07 bits per heavy atom. The Bertz CT molecular complexity index is 307. The second-order valence-corrected chi connectivity index (χ2v) is 4.24. The van der Waals surface area contributed by atoms with Crippen molar-refractivity contribution in [1.82, 2.24) is 0 Å². The van der Waals surface area contributed by atoms with Gasteiger partial charge in [-0.2, -0.15) is 0 Å². The highest BCUT2D eigenvalue weighted by atomic mass is 16.5. The first-order valence-electron chi connectivity index (χ1n) is 5.34. The highest BCUT2D eigenvalue weighted by Crippen LogP contribution is 2.36. The van der Waals surface area contributed by atoms with E-state index in [1.165, 1.54) is 0 Å².